The van der Waals surface area contributed by atoms with Crippen molar-refractivity contribution in [1.82, 2.24) is 0 Å². The summed E-state index contributed by atoms with van der Waals surface area (Å²) < 4.78 is 18.7. The van der Waals surface area contributed by atoms with E-state index in [0.29, 0.717) is 0 Å². The molecule has 0 amide bonds. The number of halogens is 1. The monoisotopic (exact) mass is 241 g/mol. The quantitative estimate of drug-likeness (QED) is 0.453. The van der Waals surface area contributed by atoms with Crippen LogP contribution in [0.4, 0.5) is 4.39 Å². The molecule has 0 fully saturated rings. The van der Waals surface area contributed by atoms with Gasteiger partial charge in [-0.15, -0.1) is 0 Å². The van der Waals surface area contributed by atoms with Crippen molar-refractivity contribution in [2.75, 3.05) is 6.61 Å². The summed E-state index contributed by atoms with van der Waals surface area (Å²) in [5, 5.41) is 0. The van der Waals surface area contributed by atoms with Gasteiger partial charge in [0, 0.05) is 13.0 Å². The zero-order valence-electron chi connectivity index (χ0n) is 9.64. The van der Waals surface area contributed by atoms with Gasteiger partial charge >= 0.3 is 11.8 Å². The van der Waals surface area contributed by atoms with Gasteiger partial charge in [0.1, 0.15) is 0 Å². The first kappa shape index (κ1) is 13.2. The third kappa shape index (κ3) is 2.85. The molecule has 17 heavy (non-hydrogen) atoms. The predicted molar refractivity (Wildman–Crippen MR) is 56.1 cm³/mol. The maximum Gasteiger partial charge on any atom is 0.383 e. The van der Waals surface area contributed by atoms with Crippen molar-refractivity contribution in [3.05, 3.63) is 30.3 Å². The fourth-order valence-electron chi connectivity index (χ4n) is 1.26. The van der Waals surface area contributed by atoms with Crippen LogP contribution in [0, 0.1) is 5.82 Å². The molecule has 0 saturated carbocycles. The fraction of sp³-hybridized carbons (Fsp3) is 0.364. The second-order valence-electron chi connectivity index (χ2n) is 3.63. The Kier molecular flexibility index (Phi) is 3.90. The summed E-state index contributed by atoms with van der Waals surface area (Å²) in [5.41, 5.74) is 4.06. The van der Waals surface area contributed by atoms with Gasteiger partial charge in [-0.25, -0.2) is 9.18 Å². The molecular formula is C11H14FN2O3+. The lowest BCUT2D eigenvalue weighted by Gasteiger charge is -2.16. The first-order chi connectivity index (χ1) is 7.89. The minimum absolute atomic E-state index is 0.0778. The number of ketones is 1. The van der Waals surface area contributed by atoms with Crippen LogP contribution < -0.4 is 10.3 Å². The molecule has 0 aliphatic rings. The molecule has 6 heteroatoms. The molecule has 1 heterocycles. The van der Waals surface area contributed by atoms with E-state index in [1.165, 1.54) is 25.3 Å². The van der Waals surface area contributed by atoms with E-state index in [1.54, 1.807) is 6.92 Å². The number of esters is 1. The molecule has 0 spiro atoms. The van der Waals surface area contributed by atoms with Crippen molar-refractivity contribution in [3.8, 4) is 0 Å². The van der Waals surface area contributed by atoms with E-state index >= 15 is 0 Å². The normalized spacial score (nSPS) is 13.9. The number of aromatic nitrogens is 1. The Morgan fingerprint density at radius 3 is 2.76 bits per heavy atom. The van der Waals surface area contributed by atoms with Gasteiger partial charge < -0.3 is 4.74 Å². The Labute approximate surface area is 98.0 Å². The van der Waals surface area contributed by atoms with E-state index < -0.39 is 23.2 Å². The number of carbonyl (C=O) groups is 2. The number of carbonyl (C=O) groups excluding carboxylic acids is 2. The molecule has 1 atom stereocenters. The number of nitrogens with two attached hydrogens (primary N) is 1. The van der Waals surface area contributed by atoms with E-state index in [9.17, 15) is 14.0 Å². The van der Waals surface area contributed by atoms with Crippen molar-refractivity contribution < 1.29 is 23.3 Å². The van der Waals surface area contributed by atoms with Gasteiger partial charge in [0.05, 0.1) is 6.61 Å². The van der Waals surface area contributed by atoms with Crippen molar-refractivity contribution in [2.24, 2.45) is 5.73 Å². The highest BCUT2D eigenvalue weighted by Gasteiger charge is 2.44. The van der Waals surface area contributed by atoms with Crippen molar-refractivity contribution in [2.45, 2.75) is 19.5 Å². The zero-order chi connectivity index (χ0) is 13.1. The summed E-state index contributed by atoms with van der Waals surface area (Å²) in [6, 6.07) is 2.60. The van der Waals surface area contributed by atoms with Crippen LogP contribution in [-0.4, -0.2) is 18.4 Å². The third-order valence-electron chi connectivity index (χ3n) is 2.22. The highest BCUT2D eigenvalue weighted by atomic mass is 19.1. The van der Waals surface area contributed by atoms with Gasteiger partial charge in [-0.2, -0.15) is 4.57 Å². The summed E-state index contributed by atoms with van der Waals surface area (Å²) >= 11 is 0. The lowest BCUT2D eigenvalue weighted by atomic mass is 10.1. The summed E-state index contributed by atoms with van der Waals surface area (Å²) in [5.74, 6) is -2.52. The molecule has 0 bridgehead atoms. The standard InChI is InChI=1S/C11H14FN2O3/c1-3-17-10(16)9(15)11(2,13)14-6-4-5-8(12)7-14/h4-7H,3,13H2,1-2H3/q+1. The molecule has 0 saturated heterocycles. The number of rotatable bonds is 4. The summed E-state index contributed by atoms with van der Waals surface area (Å²) in [7, 11) is 0. The predicted octanol–water partition coefficient (Wildman–Crippen LogP) is -0.123. The fourth-order valence-corrected chi connectivity index (χ4v) is 1.26. The Morgan fingerprint density at radius 2 is 2.24 bits per heavy atom. The number of ether oxygens (including phenoxy) is 1. The van der Waals surface area contributed by atoms with Crippen LogP contribution in [0.15, 0.2) is 24.5 Å². The Bertz CT molecular complexity index is 446. The molecule has 1 unspecified atom stereocenters. The van der Waals surface area contributed by atoms with Gasteiger partial charge in [-0.3, -0.25) is 10.5 Å². The maximum atomic E-state index is 13.0. The molecule has 0 radical (unpaired) electrons. The van der Waals surface area contributed by atoms with Crippen molar-refractivity contribution in [1.29, 1.82) is 0 Å². The number of hydrogen-bond donors (Lipinski definition) is 1. The topological polar surface area (TPSA) is 73.3 Å². The number of pyridine rings is 1. The lowest BCUT2D eigenvalue weighted by molar-refractivity contribution is -0.745. The van der Waals surface area contributed by atoms with E-state index in [2.05, 4.69) is 4.74 Å². The van der Waals surface area contributed by atoms with Crippen LogP contribution in [-0.2, 0) is 20.0 Å². The zero-order valence-corrected chi connectivity index (χ0v) is 9.64. The van der Waals surface area contributed by atoms with E-state index in [-0.39, 0.29) is 6.61 Å². The lowest BCUT2D eigenvalue weighted by Crippen LogP contribution is -2.67. The summed E-state index contributed by atoms with van der Waals surface area (Å²) in [4.78, 5) is 23.0. The summed E-state index contributed by atoms with van der Waals surface area (Å²) in [6.45, 7) is 2.97. The van der Waals surface area contributed by atoms with Crippen LogP contribution in [0.5, 0.6) is 0 Å². The molecule has 5 nitrogen and oxygen atoms in total. The van der Waals surface area contributed by atoms with Crippen LogP contribution in [0.25, 0.3) is 0 Å². The van der Waals surface area contributed by atoms with Gasteiger partial charge in [0.2, 0.25) is 6.20 Å². The van der Waals surface area contributed by atoms with Crippen LogP contribution in [0.3, 0.4) is 0 Å². The molecule has 2 N–H and O–H groups in total. The van der Waals surface area contributed by atoms with Crippen LogP contribution in [0.2, 0.25) is 0 Å². The Hall–Kier alpha value is -1.82. The SMILES string of the molecule is CCOC(=O)C(=O)C(C)(N)[n+]1cccc(F)c1. The molecule has 92 valence electrons. The molecular weight excluding hydrogens is 227 g/mol. The number of Topliss-reactive ketones (excluding diaryl/α,β-unsaturated/α-hetero) is 1. The molecule has 0 aliphatic carbocycles. The van der Waals surface area contributed by atoms with Gasteiger partial charge in [0.15, 0.2) is 12.0 Å². The minimum Gasteiger partial charge on any atom is -0.460 e. The minimum atomic E-state index is -1.67. The Morgan fingerprint density at radius 1 is 1.59 bits per heavy atom. The first-order valence-corrected chi connectivity index (χ1v) is 5.07. The molecule has 1 aromatic rings. The van der Waals surface area contributed by atoms with Crippen molar-refractivity contribution >= 4 is 11.8 Å². The van der Waals surface area contributed by atoms with E-state index in [4.69, 9.17) is 5.73 Å². The smallest absolute Gasteiger partial charge is 0.383 e. The van der Waals surface area contributed by atoms with Gasteiger partial charge in [-0.05, 0) is 13.0 Å². The second kappa shape index (κ2) is 5.01. The van der Waals surface area contributed by atoms with E-state index in [0.717, 1.165) is 10.8 Å². The molecule has 0 aliphatic heterocycles. The first-order valence-electron chi connectivity index (χ1n) is 5.07. The van der Waals surface area contributed by atoms with Crippen LogP contribution >= 0.6 is 0 Å². The average molecular weight is 241 g/mol. The molecule has 0 aromatic carbocycles. The highest BCUT2D eigenvalue weighted by molar-refractivity contribution is 6.35. The number of hydrogen-bond acceptors (Lipinski definition) is 4. The van der Waals surface area contributed by atoms with E-state index in [1.807, 2.05) is 0 Å². The Balaban J connectivity index is 3.02. The summed E-state index contributed by atoms with van der Waals surface area (Å²) in [6.07, 6.45) is 2.44. The largest absolute Gasteiger partial charge is 0.460 e. The maximum absolute atomic E-state index is 13.0. The molecule has 1 rings (SSSR count). The average Bonchev–Trinajstić information content (AvgIpc) is 2.28. The van der Waals surface area contributed by atoms with Crippen LogP contribution in [0.1, 0.15) is 13.8 Å². The van der Waals surface area contributed by atoms with Gasteiger partial charge in [-0.1, -0.05) is 0 Å². The van der Waals surface area contributed by atoms with Gasteiger partial charge in [0.25, 0.3) is 5.66 Å². The van der Waals surface area contributed by atoms with Crippen molar-refractivity contribution in [3.63, 3.8) is 0 Å². The molecule has 1 aromatic heterocycles. The second-order valence-corrected chi connectivity index (χ2v) is 3.63. The highest BCUT2D eigenvalue weighted by Crippen LogP contribution is 2.03. The third-order valence-corrected chi connectivity index (χ3v) is 2.22. The number of nitrogens with zero attached hydrogens (tertiary/aromatic N) is 1.